The first-order chi connectivity index (χ1) is 15.6. The summed E-state index contributed by atoms with van der Waals surface area (Å²) in [5.74, 6) is 0.457. The summed E-state index contributed by atoms with van der Waals surface area (Å²) in [6, 6.07) is 6.14. The number of nitrogens with one attached hydrogen (secondary N) is 4. The summed E-state index contributed by atoms with van der Waals surface area (Å²) in [6.07, 6.45) is 8.71. The van der Waals surface area contributed by atoms with Gasteiger partial charge in [0, 0.05) is 31.4 Å². The number of carbonyl (C=O) groups is 1. The maximum Gasteiger partial charge on any atom is 0.269 e. The molecule has 5 rings (SSSR count). The fourth-order valence-electron chi connectivity index (χ4n) is 4.61. The SMILES string of the molecule is CNC(=O)c1ccc(NC2CC2CCNCc2cnc3c4c(c(=O)[nH]c3c2)CCC4)cn1. The molecule has 2 unspecified atom stereocenters. The summed E-state index contributed by atoms with van der Waals surface area (Å²) < 4.78 is 0. The highest BCUT2D eigenvalue weighted by molar-refractivity contribution is 5.92. The minimum absolute atomic E-state index is 0.0441. The fraction of sp³-hybridized carbons (Fsp3) is 0.417. The number of nitrogens with zero attached hydrogens (tertiary/aromatic N) is 2. The summed E-state index contributed by atoms with van der Waals surface area (Å²) in [4.78, 5) is 35.7. The molecule has 0 aromatic carbocycles. The van der Waals surface area contributed by atoms with Crippen molar-refractivity contribution in [1.82, 2.24) is 25.6 Å². The average molecular weight is 433 g/mol. The van der Waals surface area contributed by atoms with Gasteiger partial charge < -0.3 is 20.9 Å². The second-order valence-corrected chi connectivity index (χ2v) is 8.73. The molecule has 8 heteroatoms. The van der Waals surface area contributed by atoms with Crippen LogP contribution in [0.3, 0.4) is 0 Å². The largest absolute Gasteiger partial charge is 0.381 e. The zero-order chi connectivity index (χ0) is 22.1. The smallest absolute Gasteiger partial charge is 0.269 e. The molecular formula is C24H28N6O2. The van der Waals surface area contributed by atoms with Gasteiger partial charge in [-0.3, -0.25) is 14.6 Å². The van der Waals surface area contributed by atoms with Gasteiger partial charge in [0.2, 0.25) is 0 Å². The van der Waals surface area contributed by atoms with E-state index in [-0.39, 0.29) is 11.5 Å². The normalized spacial score (nSPS) is 19.0. The quantitative estimate of drug-likeness (QED) is 0.406. The number of hydrogen-bond acceptors (Lipinski definition) is 6. The van der Waals surface area contributed by atoms with Crippen LogP contribution in [0.25, 0.3) is 11.0 Å². The second-order valence-electron chi connectivity index (χ2n) is 8.73. The molecule has 4 N–H and O–H groups in total. The number of rotatable bonds is 8. The van der Waals surface area contributed by atoms with Gasteiger partial charge in [0.05, 0.1) is 22.9 Å². The number of anilines is 1. The monoisotopic (exact) mass is 432 g/mol. The molecule has 0 aliphatic heterocycles. The van der Waals surface area contributed by atoms with E-state index in [0.717, 1.165) is 78.6 Å². The summed E-state index contributed by atoms with van der Waals surface area (Å²) in [5, 5.41) is 9.56. The lowest BCUT2D eigenvalue weighted by Crippen LogP contribution is -2.19. The lowest BCUT2D eigenvalue weighted by molar-refractivity contribution is 0.0958. The maximum atomic E-state index is 12.3. The summed E-state index contributed by atoms with van der Waals surface area (Å²) >= 11 is 0. The Morgan fingerprint density at radius 3 is 2.88 bits per heavy atom. The molecule has 32 heavy (non-hydrogen) atoms. The van der Waals surface area contributed by atoms with Crippen LogP contribution in [0, 0.1) is 5.92 Å². The molecule has 1 fully saturated rings. The van der Waals surface area contributed by atoms with Crippen molar-refractivity contribution in [3.8, 4) is 0 Å². The van der Waals surface area contributed by atoms with Gasteiger partial charge >= 0.3 is 0 Å². The summed E-state index contributed by atoms with van der Waals surface area (Å²) in [7, 11) is 1.60. The van der Waals surface area contributed by atoms with Gasteiger partial charge in [-0.05, 0) is 73.9 Å². The number of fused-ring (bicyclic) bond motifs is 3. The van der Waals surface area contributed by atoms with Crippen molar-refractivity contribution < 1.29 is 4.79 Å². The fourth-order valence-corrected chi connectivity index (χ4v) is 4.61. The molecule has 3 heterocycles. The van der Waals surface area contributed by atoms with E-state index in [1.54, 1.807) is 19.3 Å². The Labute approximate surface area is 186 Å². The standard InChI is InChI=1S/C24H28N6O2/c1-25-24(32)19-6-5-16(13-27-19)29-20-10-15(20)7-8-26-11-14-9-21-22(28-12-14)17-3-2-4-18(17)23(31)30-21/h5-6,9,12-13,15,20,26,29H,2-4,7-8,10-11H2,1H3,(H,25,32)(H,30,31). The van der Waals surface area contributed by atoms with Crippen molar-refractivity contribution in [2.75, 3.05) is 18.9 Å². The van der Waals surface area contributed by atoms with Gasteiger partial charge in [-0.2, -0.15) is 0 Å². The van der Waals surface area contributed by atoms with Gasteiger partial charge in [0.25, 0.3) is 11.5 Å². The van der Waals surface area contributed by atoms with E-state index in [1.165, 1.54) is 0 Å². The van der Waals surface area contributed by atoms with E-state index in [4.69, 9.17) is 0 Å². The Morgan fingerprint density at radius 1 is 1.19 bits per heavy atom. The highest BCUT2D eigenvalue weighted by atomic mass is 16.1. The van der Waals surface area contributed by atoms with Crippen LogP contribution in [0.2, 0.25) is 0 Å². The number of carbonyl (C=O) groups excluding carboxylic acids is 1. The molecule has 2 aliphatic carbocycles. The molecule has 0 saturated heterocycles. The number of aryl methyl sites for hydroxylation is 1. The van der Waals surface area contributed by atoms with Crippen molar-refractivity contribution in [2.45, 2.75) is 44.7 Å². The highest BCUT2D eigenvalue weighted by Gasteiger charge is 2.36. The Morgan fingerprint density at radius 2 is 2.06 bits per heavy atom. The highest BCUT2D eigenvalue weighted by Crippen LogP contribution is 2.36. The zero-order valence-corrected chi connectivity index (χ0v) is 18.2. The molecule has 3 aromatic rings. The first-order valence-electron chi connectivity index (χ1n) is 11.3. The number of amides is 1. The molecule has 0 spiro atoms. The Balaban J connectivity index is 1.09. The second kappa shape index (κ2) is 8.70. The number of aromatic amines is 1. The Kier molecular flexibility index (Phi) is 5.61. The van der Waals surface area contributed by atoms with Crippen LogP contribution in [0.5, 0.6) is 0 Å². The van der Waals surface area contributed by atoms with Gasteiger partial charge in [-0.1, -0.05) is 0 Å². The van der Waals surface area contributed by atoms with Gasteiger partial charge in [0.15, 0.2) is 0 Å². The molecule has 2 atom stereocenters. The van der Waals surface area contributed by atoms with Gasteiger partial charge in [0.1, 0.15) is 5.69 Å². The third-order valence-corrected chi connectivity index (χ3v) is 6.49. The van der Waals surface area contributed by atoms with E-state index in [1.807, 2.05) is 18.3 Å². The first kappa shape index (κ1) is 20.6. The van der Waals surface area contributed by atoms with Crippen molar-refractivity contribution in [3.63, 3.8) is 0 Å². The van der Waals surface area contributed by atoms with E-state index < -0.39 is 0 Å². The van der Waals surface area contributed by atoms with Crippen molar-refractivity contribution in [2.24, 2.45) is 5.92 Å². The average Bonchev–Trinajstić information content (AvgIpc) is 3.33. The predicted octanol–water partition coefficient (Wildman–Crippen LogP) is 2.15. The topological polar surface area (TPSA) is 112 Å². The third kappa shape index (κ3) is 4.23. The molecule has 166 valence electrons. The number of H-pyrrole nitrogens is 1. The van der Waals surface area contributed by atoms with Crippen LogP contribution < -0.4 is 21.5 Å². The molecule has 3 aromatic heterocycles. The van der Waals surface area contributed by atoms with Crippen molar-refractivity contribution in [3.05, 3.63) is 63.3 Å². The minimum Gasteiger partial charge on any atom is -0.381 e. The zero-order valence-electron chi connectivity index (χ0n) is 18.2. The van der Waals surface area contributed by atoms with Crippen LogP contribution in [0.1, 0.15) is 46.4 Å². The van der Waals surface area contributed by atoms with Crippen molar-refractivity contribution in [1.29, 1.82) is 0 Å². The van der Waals surface area contributed by atoms with E-state index in [9.17, 15) is 9.59 Å². The van der Waals surface area contributed by atoms with E-state index >= 15 is 0 Å². The Bertz CT molecular complexity index is 1200. The Hall–Kier alpha value is -3.26. The van der Waals surface area contributed by atoms with Crippen LogP contribution >= 0.6 is 0 Å². The first-order valence-corrected chi connectivity index (χ1v) is 11.3. The lowest BCUT2D eigenvalue weighted by atomic mass is 10.1. The molecule has 0 bridgehead atoms. The van der Waals surface area contributed by atoms with E-state index in [2.05, 4.69) is 30.9 Å². The summed E-state index contributed by atoms with van der Waals surface area (Å²) in [5.41, 5.74) is 6.34. The predicted molar refractivity (Wildman–Crippen MR) is 124 cm³/mol. The number of pyridine rings is 3. The number of aromatic nitrogens is 3. The van der Waals surface area contributed by atoms with Crippen LogP contribution in [-0.4, -0.2) is 40.5 Å². The van der Waals surface area contributed by atoms with Crippen LogP contribution in [0.4, 0.5) is 5.69 Å². The molecule has 8 nitrogen and oxygen atoms in total. The molecule has 1 amide bonds. The van der Waals surface area contributed by atoms with Crippen LogP contribution in [0.15, 0.2) is 35.4 Å². The molecular weight excluding hydrogens is 404 g/mol. The third-order valence-electron chi connectivity index (χ3n) is 6.49. The van der Waals surface area contributed by atoms with Crippen LogP contribution in [-0.2, 0) is 19.4 Å². The molecule has 0 radical (unpaired) electrons. The maximum absolute atomic E-state index is 12.3. The van der Waals surface area contributed by atoms with Gasteiger partial charge in [-0.15, -0.1) is 0 Å². The van der Waals surface area contributed by atoms with Crippen molar-refractivity contribution >= 4 is 22.6 Å². The lowest BCUT2D eigenvalue weighted by Gasteiger charge is -2.09. The number of hydrogen-bond donors (Lipinski definition) is 4. The molecule has 2 aliphatic rings. The minimum atomic E-state index is -0.177. The summed E-state index contributed by atoms with van der Waals surface area (Å²) in [6.45, 7) is 1.66. The molecule has 1 saturated carbocycles. The van der Waals surface area contributed by atoms with Gasteiger partial charge in [-0.25, -0.2) is 4.98 Å². The van der Waals surface area contributed by atoms with E-state index in [0.29, 0.717) is 17.7 Å².